The highest BCUT2D eigenvalue weighted by Gasteiger charge is 2.29. The number of methoxy groups -OCH3 is 4. The van der Waals surface area contributed by atoms with E-state index >= 15 is 0 Å². The maximum atomic E-state index is 13.2. The molecule has 0 fully saturated rings. The zero-order valence-corrected chi connectivity index (χ0v) is 20.3. The summed E-state index contributed by atoms with van der Waals surface area (Å²) in [6.45, 7) is 1.49. The number of ether oxygens (including phenoxy) is 5. The summed E-state index contributed by atoms with van der Waals surface area (Å²) in [4.78, 5) is 29.9. The standard InChI is InChI=1S/C27H27NO7/c1-15(26(29)34-5)35-27(30)23-18-8-6-7-9-20(18)28-24-17(10-11-19(23)24)12-16-13-21(31-2)25(33-4)22(14-16)32-3/h6-9,12-15H,10-11H2,1-5H3/b17-12+. The number of carbonyl (C=O) groups excluding carboxylic acids is 2. The second-order valence-corrected chi connectivity index (χ2v) is 8.03. The van der Waals surface area contributed by atoms with Crippen molar-refractivity contribution in [3.63, 3.8) is 0 Å². The highest BCUT2D eigenvalue weighted by Crippen LogP contribution is 2.41. The Labute approximate surface area is 203 Å². The minimum atomic E-state index is -1.02. The van der Waals surface area contributed by atoms with E-state index in [0.29, 0.717) is 46.6 Å². The molecule has 0 spiro atoms. The van der Waals surface area contributed by atoms with Crippen LogP contribution in [0.5, 0.6) is 17.2 Å². The van der Waals surface area contributed by atoms with Gasteiger partial charge in [0, 0.05) is 5.39 Å². The second kappa shape index (κ2) is 10.0. The van der Waals surface area contributed by atoms with Gasteiger partial charge in [-0.3, -0.25) is 0 Å². The summed E-state index contributed by atoms with van der Waals surface area (Å²) in [6.07, 6.45) is 2.28. The van der Waals surface area contributed by atoms with Gasteiger partial charge in [-0.05, 0) is 60.7 Å². The van der Waals surface area contributed by atoms with Gasteiger partial charge in [0.15, 0.2) is 17.6 Å². The molecule has 0 bridgehead atoms. The summed E-state index contributed by atoms with van der Waals surface area (Å²) >= 11 is 0. The molecule has 182 valence electrons. The van der Waals surface area contributed by atoms with Crippen LogP contribution in [0.1, 0.15) is 40.5 Å². The molecule has 0 saturated carbocycles. The lowest BCUT2D eigenvalue weighted by Gasteiger charge is -2.15. The summed E-state index contributed by atoms with van der Waals surface area (Å²) in [6, 6.07) is 11.1. The van der Waals surface area contributed by atoms with E-state index < -0.39 is 18.0 Å². The van der Waals surface area contributed by atoms with E-state index in [0.717, 1.165) is 22.4 Å². The third-order valence-electron chi connectivity index (χ3n) is 5.99. The van der Waals surface area contributed by atoms with E-state index in [2.05, 4.69) is 0 Å². The van der Waals surface area contributed by atoms with Gasteiger partial charge < -0.3 is 23.7 Å². The molecule has 1 aliphatic carbocycles. The molecular weight excluding hydrogens is 450 g/mol. The molecule has 1 unspecified atom stereocenters. The number of allylic oxidation sites excluding steroid dienone is 1. The summed E-state index contributed by atoms with van der Waals surface area (Å²) in [5.41, 5.74) is 4.44. The van der Waals surface area contributed by atoms with Crippen LogP contribution in [0, 0.1) is 0 Å². The fraction of sp³-hybridized carbons (Fsp3) is 0.296. The number of pyridine rings is 1. The van der Waals surface area contributed by atoms with E-state index in [1.54, 1.807) is 21.3 Å². The van der Waals surface area contributed by atoms with Crippen LogP contribution in [0.4, 0.5) is 0 Å². The van der Waals surface area contributed by atoms with Crippen LogP contribution in [0.3, 0.4) is 0 Å². The third-order valence-corrected chi connectivity index (χ3v) is 5.99. The first-order chi connectivity index (χ1) is 16.9. The smallest absolute Gasteiger partial charge is 0.346 e. The Balaban J connectivity index is 1.83. The molecule has 1 atom stereocenters. The second-order valence-electron chi connectivity index (χ2n) is 8.03. The van der Waals surface area contributed by atoms with Gasteiger partial charge in [-0.1, -0.05) is 18.2 Å². The topological polar surface area (TPSA) is 93.2 Å². The fourth-order valence-electron chi connectivity index (χ4n) is 4.33. The average molecular weight is 478 g/mol. The summed E-state index contributed by atoms with van der Waals surface area (Å²) in [5, 5.41) is 0.683. The number of benzene rings is 2. The lowest BCUT2D eigenvalue weighted by molar-refractivity contribution is -0.149. The average Bonchev–Trinajstić information content (AvgIpc) is 3.27. The molecule has 0 saturated heterocycles. The fourth-order valence-corrected chi connectivity index (χ4v) is 4.33. The first kappa shape index (κ1) is 24.1. The molecule has 8 nitrogen and oxygen atoms in total. The quantitative estimate of drug-likeness (QED) is 0.461. The van der Waals surface area contributed by atoms with Gasteiger partial charge in [-0.25, -0.2) is 14.6 Å². The number of hydrogen-bond donors (Lipinski definition) is 0. The molecule has 0 N–H and O–H groups in total. The number of para-hydroxylation sites is 1. The number of fused-ring (bicyclic) bond motifs is 2. The molecule has 1 aliphatic rings. The van der Waals surface area contributed by atoms with E-state index in [9.17, 15) is 9.59 Å². The monoisotopic (exact) mass is 477 g/mol. The first-order valence-corrected chi connectivity index (χ1v) is 11.1. The lowest BCUT2D eigenvalue weighted by Crippen LogP contribution is -2.26. The Kier molecular flexibility index (Phi) is 6.91. The zero-order valence-electron chi connectivity index (χ0n) is 20.3. The highest BCUT2D eigenvalue weighted by molar-refractivity contribution is 6.07. The molecule has 0 amide bonds. The van der Waals surface area contributed by atoms with Gasteiger partial charge in [0.25, 0.3) is 0 Å². The van der Waals surface area contributed by atoms with Gasteiger partial charge in [-0.2, -0.15) is 0 Å². The van der Waals surface area contributed by atoms with Gasteiger partial charge in [0.05, 0.1) is 45.2 Å². The van der Waals surface area contributed by atoms with Crippen molar-refractivity contribution >= 4 is 34.5 Å². The van der Waals surface area contributed by atoms with Gasteiger partial charge in [-0.15, -0.1) is 0 Å². The van der Waals surface area contributed by atoms with Crippen LogP contribution in [-0.4, -0.2) is 51.5 Å². The Morgan fingerprint density at radius 1 is 0.971 bits per heavy atom. The SMILES string of the molecule is COC(=O)C(C)OC(=O)c1c2c(nc3ccccc13)/C(=C/c1cc(OC)c(OC)c(OC)c1)CC2. The van der Waals surface area contributed by atoms with Crippen molar-refractivity contribution in [1.29, 1.82) is 0 Å². The van der Waals surface area contributed by atoms with Crippen LogP contribution in [0.2, 0.25) is 0 Å². The van der Waals surface area contributed by atoms with E-state index in [-0.39, 0.29) is 0 Å². The largest absolute Gasteiger partial charge is 0.493 e. The molecule has 4 rings (SSSR count). The van der Waals surface area contributed by atoms with Crippen molar-refractivity contribution in [1.82, 2.24) is 4.98 Å². The van der Waals surface area contributed by atoms with E-state index in [4.69, 9.17) is 28.7 Å². The maximum absolute atomic E-state index is 13.2. The number of aromatic nitrogens is 1. The predicted octanol–water partition coefficient (Wildman–Crippen LogP) is 4.47. The predicted molar refractivity (Wildman–Crippen MR) is 131 cm³/mol. The first-order valence-electron chi connectivity index (χ1n) is 11.1. The van der Waals surface area contributed by atoms with Crippen molar-refractivity contribution in [2.45, 2.75) is 25.9 Å². The molecule has 2 aromatic carbocycles. The van der Waals surface area contributed by atoms with Crippen LogP contribution < -0.4 is 14.2 Å². The Hall–Kier alpha value is -4.07. The number of carbonyl (C=O) groups is 2. The van der Waals surface area contributed by atoms with Crippen molar-refractivity contribution < 1.29 is 33.3 Å². The summed E-state index contributed by atoms with van der Waals surface area (Å²) in [5.74, 6) is 0.412. The highest BCUT2D eigenvalue weighted by atomic mass is 16.6. The maximum Gasteiger partial charge on any atom is 0.346 e. The third kappa shape index (κ3) is 4.51. The molecule has 3 aromatic rings. The van der Waals surface area contributed by atoms with Crippen molar-refractivity contribution in [2.75, 3.05) is 28.4 Å². The molecule has 35 heavy (non-hydrogen) atoms. The normalized spacial score (nSPS) is 14.4. The number of esters is 2. The zero-order chi connectivity index (χ0) is 25.1. The van der Waals surface area contributed by atoms with E-state index in [1.807, 2.05) is 42.5 Å². The van der Waals surface area contributed by atoms with Gasteiger partial charge >= 0.3 is 11.9 Å². The summed E-state index contributed by atoms with van der Waals surface area (Å²) in [7, 11) is 5.95. The molecule has 0 radical (unpaired) electrons. The number of hydrogen-bond acceptors (Lipinski definition) is 8. The van der Waals surface area contributed by atoms with Gasteiger partial charge in [0.2, 0.25) is 5.75 Å². The molecule has 8 heteroatoms. The van der Waals surface area contributed by atoms with Crippen molar-refractivity contribution in [2.24, 2.45) is 0 Å². The molecule has 1 aromatic heterocycles. The Morgan fingerprint density at radius 3 is 2.29 bits per heavy atom. The minimum absolute atomic E-state index is 0.426. The Bertz CT molecular complexity index is 1300. The summed E-state index contributed by atoms with van der Waals surface area (Å²) < 4.78 is 26.5. The van der Waals surface area contributed by atoms with Crippen molar-refractivity contribution in [3.05, 3.63) is 58.8 Å². The minimum Gasteiger partial charge on any atom is -0.493 e. The Morgan fingerprint density at radius 2 is 1.66 bits per heavy atom. The van der Waals surface area contributed by atoms with E-state index in [1.165, 1.54) is 14.0 Å². The van der Waals surface area contributed by atoms with Crippen molar-refractivity contribution in [3.8, 4) is 17.2 Å². The number of nitrogens with zero attached hydrogens (tertiary/aromatic N) is 1. The van der Waals surface area contributed by atoms with Crippen LogP contribution in [-0.2, 0) is 20.7 Å². The lowest BCUT2D eigenvalue weighted by atomic mass is 10.0. The molecule has 0 aliphatic heterocycles. The van der Waals surface area contributed by atoms with Crippen LogP contribution >= 0.6 is 0 Å². The number of rotatable bonds is 7. The van der Waals surface area contributed by atoms with Crippen LogP contribution in [0.25, 0.3) is 22.6 Å². The molecule has 1 heterocycles. The van der Waals surface area contributed by atoms with Gasteiger partial charge in [0.1, 0.15) is 0 Å². The molecular formula is C27H27NO7. The van der Waals surface area contributed by atoms with Crippen LogP contribution in [0.15, 0.2) is 36.4 Å².